The van der Waals surface area contributed by atoms with E-state index >= 15 is 0 Å². The van der Waals surface area contributed by atoms with E-state index in [1.165, 1.54) is 77.0 Å². The smallest absolute Gasteiger partial charge is 0.0459 e. The molecule has 0 heterocycles. The van der Waals surface area contributed by atoms with E-state index in [1.807, 2.05) is 0 Å². The molecule has 0 aliphatic heterocycles. The Morgan fingerprint density at radius 3 is 1.57 bits per heavy atom. The Balaban J connectivity index is 1.55. The molecule has 1 nitrogen and oxygen atoms in total. The summed E-state index contributed by atoms with van der Waals surface area (Å²) in [5.74, 6) is 3.63. The Kier molecular flexibility index (Phi) is 7.85. The van der Waals surface area contributed by atoms with E-state index < -0.39 is 0 Å². The zero-order valence-corrected chi connectivity index (χ0v) is 14.1. The van der Waals surface area contributed by atoms with E-state index in [0.717, 1.165) is 17.8 Å². The van der Waals surface area contributed by atoms with Gasteiger partial charge in [-0.2, -0.15) is 0 Å². The van der Waals surface area contributed by atoms with Gasteiger partial charge in [0.15, 0.2) is 0 Å². The molecular weight excluding hydrogens is 256 g/mol. The maximum Gasteiger partial charge on any atom is 0.0459 e. The van der Waals surface area contributed by atoms with Crippen LogP contribution >= 0.6 is 0 Å². The number of aliphatic hydroxyl groups excluding tert-OH is 1. The van der Waals surface area contributed by atoms with Crippen molar-refractivity contribution in [3.8, 4) is 0 Å². The number of rotatable bonds is 7. The molecule has 2 fully saturated rings. The summed E-state index contributed by atoms with van der Waals surface area (Å²) in [5, 5.41) is 9.21. The molecule has 122 valence electrons. The lowest BCUT2D eigenvalue weighted by atomic mass is 9.75. The van der Waals surface area contributed by atoms with Crippen LogP contribution < -0.4 is 0 Å². The summed E-state index contributed by atoms with van der Waals surface area (Å²) in [4.78, 5) is 0. The Morgan fingerprint density at radius 1 is 0.714 bits per heavy atom. The lowest BCUT2D eigenvalue weighted by Gasteiger charge is -2.31. The fraction of sp³-hybridized carbons (Fsp3) is 0.900. The van der Waals surface area contributed by atoms with Crippen molar-refractivity contribution in [1.82, 2.24) is 0 Å². The van der Waals surface area contributed by atoms with Gasteiger partial charge in [0.05, 0.1) is 0 Å². The summed E-state index contributed by atoms with van der Waals surface area (Å²) in [6, 6.07) is 0. The predicted octanol–water partition coefficient (Wildman–Crippen LogP) is 5.73. The van der Waals surface area contributed by atoms with Gasteiger partial charge >= 0.3 is 0 Å². The summed E-state index contributed by atoms with van der Waals surface area (Å²) in [7, 11) is 0. The second-order valence-electron chi connectivity index (χ2n) is 7.68. The van der Waals surface area contributed by atoms with Gasteiger partial charge < -0.3 is 5.11 Å². The zero-order chi connectivity index (χ0) is 14.9. The Bertz CT molecular complexity index is 280. The number of allylic oxidation sites excluding steroid dienone is 2. The molecule has 0 amide bonds. The molecule has 0 aromatic heterocycles. The lowest BCUT2D eigenvalue weighted by molar-refractivity contribution is 0.157. The molecule has 2 saturated carbocycles. The highest BCUT2D eigenvalue weighted by molar-refractivity contribution is 4.81. The van der Waals surface area contributed by atoms with E-state index in [9.17, 15) is 5.11 Å². The maximum atomic E-state index is 9.21. The minimum atomic E-state index is 0.421. The van der Waals surface area contributed by atoms with E-state index in [4.69, 9.17) is 0 Å². The molecule has 1 N–H and O–H groups in total. The summed E-state index contributed by atoms with van der Waals surface area (Å²) in [6.45, 7) is 2.55. The quantitative estimate of drug-likeness (QED) is 0.594. The van der Waals surface area contributed by atoms with Gasteiger partial charge in [-0.1, -0.05) is 63.5 Å². The van der Waals surface area contributed by atoms with Gasteiger partial charge in [0.25, 0.3) is 0 Å². The molecule has 0 saturated heterocycles. The topological polar surface area (TPSA) is 20.2 Å². The van der Waals surface area contributed by atoms with E-state index in [1.54, 1.807) is 0 Å². The van der Waals surface area contributed by atoms with Crippen molar-refractivity contribution in [2.75, 3.05) is 6.61 Å². The van der Waals surface area contributed by atoms with Crippen LogP contribution in [0.2, 0.25) is 0 Å². The third kappa shape index (κ3) is 6.14. The first-order valence-corrected chi connectivity index (χ1v) is 9.53. The Labute approximate surface area is 132 Å². The van der Waals surface area contributed by atoms with Gasteiger partial charge in [-0.25, -0.2) is 0 Å². The van der Waals surface area contributed by atoms with E-state index in [2.05, 4.69) is 19.1 Å². The molecule has 2 rings (SSSR count). The monoisotopic (exact) mass is 292 g/mol. The molecule has 0 aromatic rings. The molecular formula is C20H36O. The fourth-order valence-electron chi connectivity index (χ4n) is 4.48. The minimum absolute atomic E-state index is 0.421. The van der Waals surface area contributed by atoms with Crippen LogP contribution in [0.4, 0.5) is 0 Å². The van der Waals surface area contributed by atoms with Crippen molar-refractivity contribution in [3.63, 3.8) is 0 Å². The average molecular weight is 293 g/mol. The minimum Gasteiger partial charge on any atom is -0.396 e. The van der Waals surface area contributed by atoms with Gasteiger partial charge in [-0.05, 0) is 56.3 Å². The fourth-order valence-corrected chi connectivity index (χ4v) is 4.48. The van der Waals surface area contributed by atoms with Gasteiger partial charge in [0, 0.05) is 6.61 Å². The maximum absolute atomic E-state index is 9.21. The average Bonchev–Trinajstić information content (AvgIpc) is 2.55. The summed E-state index contributed by atoms with van der Waals surface area (Å²) >= 11 is 0. The normalized spacial score (nSPS) is 34.4. The Morgan fingerprint density at radius 2 is 1.14 bits per heavy atom. The molecule has 2 aliphatic rings. The van der Waals surface area contributed by atoms with Crippen LogP contribution in [0.3, 0.4) is 0 Å². The molecule has 0 radical (unpaired) electrons. The SMILES string of the molecule is C/C=C/CCC1CCC(CCC2CCC(CO)CC2)CC1. The van der Waals surface area contributed by atoms with Crippen molar-refractivity contribution < 1.29 is 5.11 Å². The number of aliphatic hydroxyl groups is 1. The van der Waals surface area contributed by atoms with Crippen LogP contribution in [-0.2, 0) is 0 Å². The molecule has 0 spiro atoms. The van der Waals surface area contributed by atoms with Crippen LogP contribution in [-0.4, -0.2) is 11.7 Å². The Hall–Kier alpha value is -0.300. The molecule has 0 unspecified atom stereocenters. The first kappa shape index (κ1) is 17.1. The molecule has 21 heavy (non-hydrogen) atoms. The van der Waals surface area contributed by atoms with Crippen LogP contribution in [0.5, 0.6) is 0 Å². The highest BCUT2D eigenvalue weighted by atomic mass is 16.3. The lowest BCUT2D eigenvalue weighted by Crippen LogP contribution is -2.19. The first-order valence-electron chi connectivity index (χ1n) is 9.53. The zero-order valence-electron chi connectivity index (χ0n) is 14.1. The van der Waals surface area contributed by atoms with E-state index in [-0.39, 0.29) is 0 Å². The third-order valence-electron chi connectivity index (χ3n) is 6.15. The van der Waals surface area contributed by atoms with Crippen LogP contribution in [0.25, 0.3) is 0 Å². The first-order chi connectivity index (χ1) is 10.3. The van der Waals surface area contributed by atoms with E-state index in [0.29, 0.717) is 12.5 Å². The summed E-state index contributed by atoms with van der Waals surface area (Å²) in [5.41, 5.74) is 0. The highest BCUT2D eigenvalue weighted by Gasteiger charge is 2.24. The van der Waals surface area contributed by atoms with Crippen LogP contribution in [0.15, 0.2) is 12.2 Å². The standard InChI is InChI=1S/C20H36O/c1-2-3-4-5-17-6-8-18(9-7-17)10-11-19-12-14-20(16-21)15-13-19/h2-3,17-21H,4-16H2,1H3/b3-2+. The molecule has 1 heteroatoms. The molecule has 0 atom stereocenters. The summed E-state index contributed by atoms with van der Waals surface area (Å²) in [6.07, 6.45) is 21.4. The molecule has 0 bridgehead atoms. The number of hydrogen-bond donors (Lipinski definition) is 1. The number of hydrogen-bond acceptors (Lipinski definition) is 1. The van der Waals surface area contributed by atoms with Crippen molar-refractivity contribution in [2.45, 2.75) is 84.0 Å². The van der Waals surface area contributed by atoms with Crippen molar-refractivity contribution in [1.29, 1.82) is 0 Å². The van der Waals surface area contributed by atoms with Gasteiger partial charge in [0.2, 0.25) is 0 Å². The van der Waals surface area contributed by atoms with Crippen LogP contribution in [0.1, 0.15) is 84.0 Å². The molecule has 0 aromatic carbocycles. The van der Waals surface area contributed by atoms with Gasteiger partial charge in [-0.15, -0.1) is 0 Å². The predicted molar refractivity (Wildman–Crippen MR) is 91.3 cm³/mol. The largest absolute Gasteiger partial charge is 0.396 e. The molecule has 2 aliphatic carbocycles. The van der Waals surface area contributed by atoms with Crippen molar-refractivity contribution >= 4 is 0 Å². The van der Waals surface area contributed by atoms with Gasteiger partial charge in [-0.3, -0.25) is 0 Å². The van der Waals surface area contributed by atoms with Crippen LogP contribution in [0, 0.1) is 23.7 Å². The highest BCUT2D eigenvalue weighted by Crippen LogP contribution is 2.37. The van der Waals surface area contributed by atoms with Gasteiger partial charge in [0.1, 0.15) is 0 Å². The van der Waals surface area contributed by atoms with Crippen molar-refractivity contribution in [2.24, 2.45) is 23.7 Å². The van der Waals surface area contributed by atoms with Crippen molar-refractivity contribution in [3.05, 3.63) is 12.2 Å². The third-order valence-corrected chi connectivity index (χ3v) is 6.15. The second kappa shape index (κ2) is 9.66. The second-order valence-corrected chi connectivity index (χ2v) is 7.68. The summed E-state index contributed by atoms with van der Waals surface area (Å²) < 4.78 is 0.